The third-order valence-electron chi connectivity index (χ3n) is 5.12. The minimum atomic E-state index is 0.00296. The summed E-state index contributed by atoms with van der Waals surface area (Å²) in [6.07, 6.45) is 2.21. The van der Waals surface area contributed by atoms with Gasteiger partial charge in [-0.15, -0.1) is 0 Å². The van der Waals surface area contributed by atoms with Crippen molar-refractivity contribution in [3.05, 3.63) is 53.0 Å². The maximum Gasteiger partial charge on any atom is 0.228 e. The lowest BCUT2D eigenvalue weighted by atomic mass is 10.0. The normalized spacial score (nSPS) is 13.3. The van der Waals surface area contributed by atoms with E-state index in [1.807, 2.05) is 37.3 Å². The molecule has 0 aliphatic carbocycles. The maximum atomic E-state index is 12.6. The van der Waals surface area contributed by atoms with Gasteiger partial charge in [0.1, 0.15) is 11.6 Å². The lowest BCUT2D eigenvalue weighted by molar-refractivity contribution is -0.129. The fraction of sp³-hybridized carbons (Fsp3) is 0.455. The number of aryl methyl sites for hydroxylation is 1. The minimum absolute atomic E-state index is 0.00296. The number of carbonyl (C=O) groups is 2. The Morgan fingerprint density at radius 1 is 1.21 bits per heavy atom. The quantitative estimate of drug-likeness (QED) is 0.640. The highest BCUT2D eigenvalue weighted by Crippen LogP contribution is 2.28. The SMILES string of the molecule is COCCCN1C(=O)CCc2c(C)nc(CN(C)C(=O)Cc3ccccc3)nc21. The molecule has 1 aliphatic rings. The highest BCUT2D eigenvalue weighted by Gasteiger charge is 2.28. The van der Waals surface area contributed by atoms with Crippen LogP contribution in [0.25, 0.3) is 0 Å². The van der Waals surface area contributed by atoms with Crippen molar-refractivity contribution >= 4 is 17.6 Å². The highest BCUT2D eigenvalue weighted by molar-refractivity contribution is 5.95. The van der Waals surface area contributed by atoms with E-state index in [1.54, 1.807) is 24.0 Å². The second kappa shape index (κ2) is 9.60. The number of anilines is 1. The van der Waals surface area contributed by atoms with Crippen LogP contribution in [0.3, 0.4) is 0 Å². The van der Waals surface area contributed by atoms with E-state index in [1.165, 1.54) is 0 Å². The zero-order valence-electron chi connectivity index (χ0n) is 17.4. The lowest BCUT2D eigenvalue weighted by Gasteiger charge is -2.29. The molecule has 0 saturated carbocycles. The molecule has 1 aromatic heterocycles. The Kier molecular flexibility index (Phi) is 6.93. The summed E-state index contributed by atoms with van der Waals surface area (Å²) in [4.78, 5) is 37.7. The molecule has 2 aromatic rings. The van der Waals surface area contributed by atoms with Gasteiger partial charge in [-0.3, -0.25) is 14.5 Å². The topological polar surface area (TPSA) is 75.6 Å². The molecular formula is C22H28N4O3. The molecule has 29 heavy (non-hydrogen) atoms. The van der Waals surface area contributed by atoms with Gasteiger partial charge in [0.15, 0.2) is 0 Å². The maximum absolute atomic E-state index is 12.6. The van der Waals surface area contributed by atoms with Crippen LogP contribution < -0.4 is 4.90 Å². The van der Waals surface area contributed by atoms with E-state index in [4.69, 9.17) is 4.74 Å². The number of carbonyl (C=O) groups excluding carboxylic acids is 2. The van der Waals surface area contributed by atoms with E-state index in [0.29, 0.717) is 50.6 Å². The van der Waals surface area contributed by atoms with Gasteiger partial charge < -0.3 is 9.64 Å². The van der Waals surface area contributed by atoms with Crippen molar-refractivity contribution in [3.8, 4) is 0 Å². The number of hydrogen-bond acceptors (Lipinski definition) is 5. The molecule has 0 saturated heterocycles. The van der Waals surface area contributed by atoms with E-state index >= 15 is 0 Å². The summed E-state index contributed by atoms with van der Waals surface area (Å²) in [6.45, 7) is 3.41. The van der Waals surface area contributed by atoms with Gasteiger partial charge >= 0.3 is 0 Å². The van der Waals surface area contributed by atoms with Gasteiger partial charge in [-0.05, 0) is 25.3 Å². The second-order valence-electron chi connectivity index (χ2n) is 7.33. The molecule has 0 spiro atoms. The summed E-state index contributed by atoms with van der Waals surface area (Å²) in [7, 11) is 3.41. The van der Waals surface area contributed by atoms with Gasteiger partial charge in [0.05, 0.1) is 13.0 Å². The Labute approximate surface area is 171 Å². The van der Waals surface area contributed by atoms with Crippen LogP contribution in [-0.4, -0.2) is 54.0 Å². The Morgan fingerprint density at radius 2 is 1.97 bits per heavy atom. The van der Waals surface area contributed by atoms with Crippen LogP contribution in [0.15, 0.2) is 30.3 Å². The predicted molar refractivity (Wildman–Crippen MR) is 111 cm³/mol. The second-order valence-corrected chi connectivity index (χ2v) is 7.33. The number of amides is 2. The monoisotopic (exact) mass is 396 g/mol. The molecule has 0 fully saturated rings. The molecule has 0 atom stereocenters. The van der Waals surface area contributed by atoms with Crippen molar-refractivity contribution in [2.45, 2.75) is 39.2 Å². The Bertz CT molecular complexity index is 870. The van der Waals surface area contributed by atoms with Crippen molar-refractivity contribution in [3.63, 3.8) is 0 Å². The summed E-state index contributed by atoms with van der Waals surface area (Å²) in [5.74, 6) is 1.31. The summed E-state index contributed by atoms with van der Waals surface area (Å²) in [5.41, 5.74) is 2.86. The van der Waals surface area contributed by atoms with Crippen LogP contribution in [-0.2, 0) is 33.7 Å². The van der Waals surface area contributed by atoms with Crippen molar-refractivity contribution in [1.82, 2.24) is 14.9 Å². The average Bonchev–Trinajstić information content (AvgIpc) is 2.70. The molecule has 1 aliphatic heterocycles. The van der Waals surface area contributed by atoms with Crippen LogP contribution in [0.5, 0.6) is 0 Å². The molecule has 3 rings (SSSR count). The fourth-order valence-corrected chi connectivity index (χ4v) is 3.51. The third-order valence-corrected chi connectivity index (χ3v) is 5.12. The number of fused-ring (bicyclic) bond motifs is 1. The molecule has 0 unspecified atom stereocenters. The standard InChI is InChI=1S/C22H28N4O3/c1-16-18-10-11-20(27)26(12-7-13-29-3)22(18)24-19(23-16)15-25(2)21(28)14-17-8-5-4-6-9-17/h4-6,8-9H,7,10-15H2,1-3H3. The molecule has 0 N–H and O–H groups in total. The number of nitrogens with zero attached hydrogens (tertiary/aromatic N) is 4. The zero-order chi connectivity index (χ0) is 20.8. The number of methoxy groups -OCH3 is 1. The summed E-state index contributed by atoms with van der Waals surface area (Å²) in [6, 6.07) is 9.66. The average molecular weight is 396 g/mol. The van der Waals surface area contributed by atoms with Crippen LogP contribution in [0.4, 0.5) is 5.82 Å². The van der Waals surface area contributed by atoms with Gasteiger partial charge in [0.2, 0.25) is 11.8 Å². The zero-order valence-corrected chi connectivity index (χ0v) is 17.4. The third kappa shape index (κ3) is 5.17. The number of likely N-dealkylation sites (N-methyl/N-ethyl adjacent to an activating group) is 1. The molecule has 2 heterocycles. The predicted octanol–water partition coefficient (Wildman–Crippen LogP) is 2.30. The molecule has 0 bridgehead atoms. The van der Waals surface area contributed by atoms with Crippen LogP contribution in [0.1, 0.15) is 35.5 Å². The van der Waals surface area contributed by atoms with Gasteiger partial charge in [0, 0.05) is 45.0 Å². The van der Waals surface area contributed by atoms with Crippen molar-refractivity contribution < 1.29 is 14.3 Å². The van der Waals surface area contributed by atoms with Gasteiger partial charge in [-0.25, -0.2) is 9.97 Å². The van der Waals surface area contributed by atoms with Crippen molar-refractivity contribution in [2.24, 2.45) is 0 Å². The number of benzene rings is 1. The van der Waals surface area contributed by atoms with E-state index in [-0.39, 0.29) is 11.8 Å². The summed E-state index contributed by atoms with van der Waals surface area (Å²) in [5, 5.41) is 0. The molecule has 2 amide bonds. The molecule has 154 valence electrons. The number of rotatable bonds is 8. The van der Waals surface area contributed by atoms with Gasteiger partial charge in [0.25, 0.3) is 0 Å². The van der Waals surface area contributed by atoms with Crippen LogP contribution in [0, 0.1) is 6.92 Å². The Morgan fingerprint density at radius 3 is 2.69 bits per heavy atom. The largest absolute Gasteiger partial charge is 0.385 e. The first-order valence-electron chi connectivity index (χ1n) is 9.93. The van der Waals surface area contributed by atoms with E-state index in [9.17, 15) is 9.59 Å². The van der Waals surface area contributed by atoms with E-state index in [0.717, 1.165) is 23.2 Å². The Balaban J connectivity index is 1.75. The number of aromatic nitrogens is 2. The molecule has 0 radical (unpaired) electrons. The van der Waals surface area contributed by atoms with Crippen molar-refractivity contribution in [2.75, 3.05) is 32.2 Å². The fourth-order valence-electron chi connectivity index (χ4n) is 3.51. The summed E-state index contributed by atoms with van der Waals surface area (Å²) >= 11 is 0. The molecule has 1 aromatic carbocycles. The first kappa shape index (κ1) is 20.9. The Hall–Kier alpha value is -2.80. The molecular weight excluding hydrogens is 368 g/mol. The number of hydrogen-bond donors (Lipinski definition) is 0. The van der Waals surface area contributed by atoms with E-state index in [2.05, 4.69) is 9.97 Å². The smallest absolute Gasteiger partial charge is 0.228 e. The van der Waals surface area contributed by atoms with Gasteiger partial charge in [-0.1, -0.05) is 30.3 Å². The lowest BCUT2D eigenvalue weighted by Crippen LogP contribution is -2.38. The van der Waals surface area contributed by atoms with Crippen molar-refractivity contribution in [1.29, 1.82) is 0 Å². The first-order chi connectivity index (χ1) is 14.0. The first-order valence-corrected chi connectivity index (χ1v) is 9.93. The highest BCUT2D eigenvalue weighted by atomic mass is 16.5. The number of ether oxygens (including phenoxy) is 1. The molecule has 7 nitrogen and oxygen atoms in total. The van der Waals surface area contributed by atoms with Gasteiger partial charge in [-0.2, -0.15) is 0 Å². The van der Waals surface area contributed by atoms with E-state index < -0.39 is 0 Å². The van der Waals surface area contributed by atoms with Crippen LogP contribution >= 0.6 is 0 Å². The molecule has 7 heteroatoms. The summed E-state index contributed by atoms with van der Waals surface area (Å²) < 4.78 is 5.12. The minimum Gasteiger partial charge on any atom is -0.385 e. The van der Waals surface area contributed by atoms with Crippen LogP contribution in [0.2, 0.25) is 0 Å².